The van der Waals surface area contributed by atoms with Gasteiger partial charge in [-0.2, -0.15) is 0 Å². The molecule has 1 rings (SSSR count). The Bertz CT molecular complexity index is 366. The summed E-state index contributed by atoms with van der Waals surface area (Å²) in [5, 5.41) is 3.01. The molecule has 0 radical (unpaired) electrons. The molecule has 0 saturated heterocycles. The first kappa shape index (κ1) is 13.7. The van der Waals surface area contributed by atoms with Crippen LogP contribution in [0.4, 0.5) is 0 Å². The maximum absolute atomic E-state index is 11.7. The third-order valence-corrected chi connectivity index (χ3v) is 2.70. The summed E-state index contributed by atoms with van der Waals surface area (Å²) in [5.41, 5.74) is 6.65. The van der Waals surface area contributed by atoms with E-state index in [0.29, 0.717) is 0 Å². The lowest BCUT2D eigenvalue weighted by atomic mass is 9.82. The van der Waals surface area contributed by atoms with Crippen molar-refractivity contribution in [3.63, 3.8) is 0 Å². The van der Waals surface area contributed by atoms with Crippen LogP contribution >= 0.6 is 0 Å². The zero-order valence-electron chi connectivity index (χ0n) is 11.0. The van der Waals surface area contributed by atoms with Gasteiger partial charge in [0.1, 0.15) is 0 Å². The van der Waals surface area contributed by atoms with Crippen LogP contribution in [0.2, 0.25) is 0 Å². The molecule has 0 aliphatic carbocycles. The smallest absolute Gasteiger partial charge is 0.237 e. The third-order valence-electron chi connectivity index (χ3n) is 2.70. The fourth-order valence-corrected chi connectivity index (χ4v) is 1.72. The molecule has 1 aromatic carbocycles. The predicted octanol–water partition coefficient (Wildman–Crippen LogP) is 2.24. The largest absolute Gasteiger partial charge is 0.347 e. The summed E-state index contributed by atoms with van der Waals surface area (Å²) in [7, 11) is 0. The van der Waals surface area contributed by atoms with E-state index in [4.69, 9.17) is 5.73 Å². The van der Waals surface area contributed by atoms with Crippen LogP contribution in [0.1, 0.15) is 39.3 Å². The van der Waals surface area contributed by atoms with E-state index in [2.05, 4.69) is 26.1 Å². The number of rotatable bonds is 3. The first-order valence-electron chi connectivity index (χ1n) is 5.93. The van der Waals surface area contributed by atoms with Crippen LogP contribution in [-0.2, 0) is 4.79 Å². The fraction of sp³-hybridized carbons (Fsp3) is 0.500. The predicted molar refractivity (Wildman–Crippen MR) is 70.4 cm³/mol. The van der Waals surface area contributed by atoms with Gasteiger partial charge < -0.3 is 11.1 Å². The van der Waals surface area contributed by atoms with Gasteiger partial charge in [0.05, 0.1) is 12.1 Å². The molecular formula is C14H22N2O. The second-order valence-electron chi connectivity index (χ2n) is 5.51. The van der Waals surface area contributed by atoms with Gasteiger partial charge in [-0.3, -0.25) is 4.79 Å². The lowest BCUT2D eigenvalue weighted by Crippen LogP contribution is -2.44. The molecule has 94 valence electrons. The second kappa shape index (κ2) is 5.32. The highest BCUT2D eigenvalue weighted by Crippen LogP contribution is 2.32. The highest BCUT2D eigenvalue weighted by Gasteiger charge is 2.28. The van der Waals surface area contributed by atoms with Crippen molar-refractivity contribution in [1.29, 1.82) is 0 Å². The molecule has 3 nitrogen and oxygen atoms in total. The van der Waals surface area contributed by atoms with E-state index in [0.717, 1.165) is 5.56 Å². The molecule has 0 saturated carbocycles. The van der Waals surface area contributed by atoms with E-state index in [1.165, 1.54) is 0 Å². The van der Waals surface area contributed by atoms with Crippen molar-refractivity contribution < 1.29 is 4.79 Å². The number of carbonyl (C=O) groups is 1. The summed E-state index contributed by atoms with van der Waals surface area (Å²) >= 11 is 0. The summed E-state index contributed by atoms with van der Waals surface area (Å²) < 4.78 is 0. The normalized spacial score (nSPS) is 15.1. The summed E-state index contributed by atoms with van der Waals surface area (Å²) in [6.07, 6.45) is 0. The lowest BCUT2D eigenvalue weighted by molar-refractivity contribution is -0.123. The minimum Gasteiger partial charge on any atom is -0.347 e. The molecule has 0 aliphatic rings. The molecule has 0 spiro atoms. The van der Waals surface area contributed by atoms with Crippen molar-refractivity contribution in [3.05, 3.63) is 35.9 Å². The number of amides is 1. The van der Waals surface area contributed by atoms with Gasteiger partial charge in [-0.25, -0.2) is 0 Å². The van der Waals surface area contributed by atoms with Crippen LogP contribution in [0.5, 0.6) is 0 Å². The van der Waals surface area contributed by atoms with Crippen molar-refractivity contribution in [1.82, 2.24) is 5.32 Å². The van der Waals surface area contributed by atoms with E-state index < -0.39 is 6.04 Å². The average Bonchev–Trinajstić information content (AvgIpc) is 2.25. The van der Waals surface area contributed by atoms with Crippen LogP contribution in [0.25, 0.3) is 0 Å². The zero-order valence-corrected chi connectivity index (χ0v) is 11.0. The van der Waals surface area contributed by atoms with E-state index in [1.807, 2.05) is 30.3 Å². The van der Waals surface area contributed by atoms with Crippen molar-refractivity contribution in [2.24, 2.45) is 11.1 Å². The summed E-state index contributed by atoms with van der Waals surface area (Å²) in [6, 6.07) is 9.47. The fourth-order valence-electron chi connectivity index (χ4n) is 1.72. The number of carbonyl (C=O) groups excluding carboxylic acids is 1. The number of hydrogen-bond donors (Lipinski definition) is 2. The number of hydrogen-bond acceptors (Lipinski definition) is 2. The van der Waals surface area contributed by atoms with Gasteiger partial charge in [0, 0.05) is 0 Å². The van der Waals surface area contributed by atoms with E-state index in [-0.39, 0.29) is 17.4 Å². The number of nitrogens with two attached hydrogens (primary N) is 1. The molecule has 3 heteroatoms. The Hall–Kier alpha value is -1.35. The Balaban J connectivity index is 2.95. The maximum Gasteiger partial charge on any atom is 0.237 e. The van der Waals surface area contributed by atoms with Crippen molar-refractivity contribution in [3.8, 4) is 0 Å². The molecule has 17 heavy (non-hydrogen) atoms. The second-order valence-corrected chi connectivity index (χ2v) is 5.51. The van der Waals surface area contributed by atoms with Gasteiger partial charge in [-0.05, 0) is 17.9 Å². The van der Waals surface area contributed by atoms with Crippen LogP contribution in [0.15, 0.2) is 30.3 Å². The molecule has 0 heterocycles. The molecule has 1 amide bonds. The molecule has 1 aromatic rings. The Morgan fingerprint density at radius 1 is 1.24 bits per heavy atom. The Morgan fingerprint density at radius 2 is 1.76 bits per heavy atom. The van der Waals surface area contributed by atoms with Crippen LogP contribution in [0, 0.1) is 5.41 Å². The minimum atomic E-state index is -0.483. The van der Waals surface area contributed by atoms with Gasteiger partial charge in [-0.1, -0.05) is 51.1 Å². The summed E-state index contributed by atoms with van der Waals surface area (Å²) in [6.45, 7) is 8.00. The highest BCUT2D eigenvalue weighted by atomic mass is 16.2. The Labute approximate surface area is 103 Å². The summed E-state index contributed by atoms with van der Waals surface area (Å²) in [4.78, 5) is 11.7. The quantitative estimate of drug-likeness (QED) is 0.842. The lowest BCUT2D eigenvalue weighted by Gasteiger charge is -2.32. The zero-order chi connectivity index (χ0) is 13.1. The van der Waals surface area contributed by atoms with Gasteiger partial charge >= 0.3 is 0 Å². The number of nitrogens with one attached hydrogen (secondary N) is 1. The molecule has 0 fully saturated rings. The van der Waals surface area contributed by atoms with E-state index in [1.54, 1.807) is 6.92 Å². The van der Waals surface area contributed by atoms with Gasteiger partial charge in [-0.15, -0.1) is 0 Å². The van der Waals surface area contributed by atoms with Gasteiger partial charge in [0.2, 0.25) is 5.91 Å². The monoisotopic (exact) mass is 234 g/mol. The van der Waals surface area contributed by atoms with Crippen molar-refractivity contribution in [2.75, 3.05) is 0 Å². The maximum atomic E-state index is 11.7. The van der Waals surface area contributed by atoms with Gasteiger partial charge in [0.15, 0.2) is 0 Å². The van der Waals surface area contributed by atoms with E-state index in [9.17, 15) is 4.79 Å². The van der Waals surface area contributed by atoms with Crippen LogP contribution in [0.3, 0.4) is 0 Å². The first-order chi connectivity index (χ1) is 7.82. The molecule has 1 unspecified atom stereocenters. The highest BCUT2D eigenvalue weighted by molar-refractivity contribution is 5.81. The van der Waals surface area contributed by atoms with Crippen LogP contribution < -0.4 is 11.1 Å². The van der Waals surface area contributed by atoms with Crippen molar-refractivity contribution in [2.45, 2.75) is 39.8 Å². The summed E-state index contributed by atoms with van der Waals surface area (Å²) in [5.74, 6) is -0.117. The Kier molecular flexibility index (Phi) is 4.29. The minimum absolute atomic E-state index is 0.0257. The molecule has 3 N–H and O–H groups in total. The molecule has 0 bridgehead atoms. The molecular weight excluding hydrogens is 212 g/mol. The average molecular weight is 234 g/mol. The SMILES string of the molecule is C[C@H](N)C(=O)NC(c1ccccc1)C(C)(C)C. The Morgan fingerprint density at radius 3 is 2.18 bits per heavy atom. The topological polar surface area (TPSA) is 55.1 Å². The molecule has 0 aromatic heterocycles. The first-order valence-corrected chi connectivity index (χ1v) is 5.93. The standard InChI is InChI=1S/C14H22N2O/c1-10(15)13(17)16-12(14(2,3)4)11-8-6-5-7-9-11/h5-10,12H,15H2,1-4H3,(H,16,17)/t10-,12?/m0/s1. The van der Waals surface area contributed by atoms with Crippen LogP contribution in [-0.4, -0.2) is 11.9 Å². The van der Waals surface area contributed by atoms with Crippen molar-refractivity contribution >= 4 is 5.91 Å². The molecule has 0 aliphatic heterocycles. The number of benzene rings is 1. The van der Waals surface area contributed by atoms with Gasteiger partial charge in [0.25, 0.3) is 0 Å². The third kappa shape index (κ3) is 3.86. The van der Waals surface area contributed by atoms with E-state index >= 15 is 0 Å². The molecule has 2 atom stereocenters.